The third-order valence-corrected chi connectivity index (χ3v) is 5.11. The second-order valence-electron chi connectivity index (χ2n) is 7.20. The predicted octanol–water partition coefficient (Wildman–Crippen LogP) is 7.42. The zero-order chi connectivity index (χ0) is 22.0. The van der Waals surface area contributed by atoms with Crippen molar-refractivity contribution in [2.75, 3.05) is 7.18 Å². The lowest BCUT2D eigenvalue weighted by molar-refractivity contribution is -0.00384. The zero-order valence-electron chi connectivity index (χ0n) is 17.5. The lowest BCUT2D eigenvalue weighted by Crippen LogP contribution is -2.17. The molecule has 0 N–H and O–H groups in total. The number of hydrogen-bond donors (Lipinski definition) is 0. The van der Waals surface area contributed by atoms with Crippen molar-refractivity contribution in [3.8, 4) is 0 Å². The Morgan fingerprint density at radius 3 is 1.57 bits per heavy atom. The average Bonchev–Trinajstić information content (AvgIpc) is 2.79. The number of alkyl halides is 4. The molecule has 0 atom stereocenters. The van der Waals surface area contributed by atoms with Gasteiger partial charge in [0.15, 0.2) is 0 Å². The van der Waals surface area contributed by atoms with Gasteiger partial charge in [-0.3, -0.25) is 4.39 Å². The first-order valence-corrected chi connectivity index (χ1v) is 10.1. The summed E-state index contributed by atoms with van der Waals surface area (Å²) in [5.41, 5.74) is 5.13. The van der Waals surface area contributed by atoms with Gasteiger partial charge in [0, 0.05) is 12.0 Å². The van der Waals surface area contributed by atoms with Crippen LogP contribution in [0.5, 0.6) is 0 Å². The molecule has 3 aromatic rings. The van der Waals surface area contributed by atoms with Crippen molar-refractivity contribution in [1.29, 1.82) is 0 Å². The highest BCUT2D eigenvalue weighted by Crippen LogP contribution is 2.32. The highest BCUT2D eigenvalue weighted by Gasteiger charge is 2.31. The Hall–Kier alpha value is -2.62. The maximum absolute atomic E-state index is 14.1. The van der Waals surface area contributed by atoms with Crippen molar-refractivity contribution in [1.82, 2.24) is 0 Å². The van der Waals surface area contributed by atoms with Crippen LogP contribution < -0.4 is 0 Å². The van der Waals surface area contributed by atoms with Gasteiger partial charge in [0.05, 0.1) is 7.18 Å². The molecule has 0 amide bonds. The summed E-state index contributed by atoms with van der Waals surface area (Å²) in [4.78, 5) is 0. The summed E-state index contributed by atoms with van der Waals surface area (Å²) in [7, 11) is 0.500. The van der Waals surface area contributed by atoms with Crippen LogP contribution in [0.4, 0.5) is 17.6 Å². The Bertz CT molecular complexity index is 843. The third-order valence-electron chi connectivity index (χ3n) is 5.11. The largest absolute Gasteiger partial charge is 0.277 e. The first-order chi connectivity index (χ1) is 14.5. The Morgan fingerprint density at radius 1 is 0.667 bits per heavy atom. The van der Waals surface area contributed by atoms with Gasteiger partial charge in [0.2, 0.25) is 0 Å². The molecule has 4 aliphatic carbocycles. The first kappa shape index (κ1) is 23.7. The molecule has 30 heavy (non-hydrogen) atoms. The van der Waals surface area contributed by atoms with E-state index in [0.29, 0.717) is 12.7 Å². The summed E-state index contributed by atoms with van der Waals surface area (Å²) >= 11 is 0. The van der Waals surface area contributed by atoms with Gasteiger partial charge in [-0.2, -0.15) is 0 Å². The Balaban J connectivity index is 0.000000228. The molecule has 0 nitrogen and oxygen atoms in total. The molecule has 160 valence electrons. The molecule has 0 saturated heterocycles. The molecule has 0 heterocycles. The Morgan fingerprint density at radius 2 is 1.10 bits per heavy atom. The van der Waals surface area contributed by atoms with Gasteiger partial charge in [0.1, 0.15) is 6.67 Å². The molecule has 0 saturated carbocycles. The fourth-order valence-electron chi connectivity index (χ4n) is 3.25. The standard InChI is InChI=1S/C16H14F2.C9H11F.CH3F/c17-16(18)11-14-5-3-12(4-6-14)1-2-13-7-9-15(16)10-8-13;1-2-8-3-5-9(7-10)6-4-8;1-2/h3-10H,1-2,11H2;3-6H,2,7H2,1H3;1H3. The maximum atomic E-state index is 14.1. The number of hydrogen-bond acceptors (Lipinski definition) is 0. The lowest BCUT2D eigenvalue weighted by Gasteiger charge is -2.18. The Kier molecular flexibility index (Phi) is 9.10. The van der Waals surface area contributed by atoms with Gasteiger partial charge >= 0.3 is 0 Å². The van der Waals surface area contributed by atoms with E-state index in [-0.39, 0.29) is 18.7 Å². The van der Waals surface area contributed by atoms with Crippen LogP contribution in [0.25, 0.3) is 0 Å². The minimum absolute atomic E-state index is 0.107. The second kappa shape index (κ2) is 11.5. The predicted molar refractivity (Wildman–Crippen MR) is 116 cm³/mol. The van der Waals surface area contributed by atoms with E-state index in [1.54, 1.807) is 12.1 Å². The van der Waals surface area contributed by atoms with Crippen LogP contribution >= 0.6 is 0 Å². The van der Waals surface area contributed by atoms with Crippen LogP contribution in [-0.4, -0.2) is 7.18 Å². The summed E-state index contributed by atoms with van der Waals surface area (Å²) in [5.74, 6) is -2.79. The minimum atomic E-state index is -2.79. The van der Waals surface area contributed by atoms with Gasteiger partial charge in [-0.15, -0.1) is 0 Å². The molecule has 0 fully saturated rings. The third kappa shape index (κ3) is 6.72. The lowest BCUT2D eigenvalue weighted by atomic mass is 9.95. The minimum Gasteiger partial charge on any atom is -0.255 e. The topological polar surface area (TPSA) is 0 Å². The summed E-state index contributed by atoms with van der Waals surface area (Å²) in [6.07, 6.45) is 2.64. The molecule has 0 aliphatic heterocycles. The van der Waals surface area contributed by atoms with Crippen LogP contribution in [0.3, 0.4) is 0 Å². The number of halogens is 4. The van der Waals surface area contributed by atoms with Crippen molar-refractivity contribution < 1.29 is 17.6 Å². The molecule has 4 bridgehead atoms. The van der Waals surface area contributed by atoms with Gasteiger partial charge in [-0.05, 0) is 47.1 Å². The molecular weight excluding hydrogens is 388 g/mol. The van der Waals surface area contributed by atoms with Crippen LogP contribution in [0.15, 0.2) is 72.8 Å². The molecule has 0 radical (unpaired) electrons. The highest BCUT2D eigenvalue weighted by atomic mass is 19.3. The van der Waals surface area contributed by atoms with Crippen LogP contribution in [0, 0.1) is 0 Å². The quantitative estimate of drug-likeness (QED) is 0.381. The second-order valence-corrected chi connectivity index (χ2v) is 7.20. The zero-order valence-corrected chi connectivity index (χ0v) is 17.5. The molecule has 0 unspecified atom stereocenters. The van der Waals surface area contributed by atoms with E-state index in [1.165, 1.54) is 11.1 Å². The van der Waals surface area contributed by atoms with E-state index in [4.69, 9.17) is 0 Å². The van der Waals surface area contributed by atoms with E-state index in [2.05, 4.69) is 6.92 Å². The SMILES string of the molecule is CCc1ccc(CF)cc1.CF.FC1(F)Cc2ccc(cc2)CCc2ccc1cc2. The average molecular weight is 417 g/mol. The monoisotopic (exact) mass is 416 g/mol. The van der Waals surface area contributed by atoms with E-state index in [1.807, 2.05) is 60.7 Å². The van der Waals surface area contributed by atoms with E-state index < -0.39 is 5.92 Å². The number of aryl methyl sites for hydroxylation is 3. The maximum Gasteiger partial charge on any atom is 0.277 e. The molecule has 3 aromatic carbocycles. The summed E-state index contributed by atoms with van der Waals surface area (Å²) in [5, 5.41) is 0. The number of benzene rings is 3. The summed E-state index contributed by atoms with van der Waals surface area (Å²) in [6, 6.07) is 21.9. The Labute approximate surface area is 176 Å². The fraction of sp³-hybridized carbons (Fsp3) is 0.308. The molecule has 0 aromatic heterocycles. The van der Waals surface area contributed by atoms with Crippen LogP contribution in [-0.2, 0) is 38.3 Å². The summed E-state index contributed by atoms with van der Waals surface area (Å²) < 4.78 is 49.6. The highest BCUT2D eigenvalue weighted by molar-refractivity contribution is 5.31. The van der Waals surface area contributed by atoms with Gasteiger partial charge in [0.25, 0.3) is 5.92 Å². The first-order valence-electron chi connectivity index (χ1n) is 10.1. The van der Waals surface area contributed by atoms with Crippen molar-refractivity contribution in [3.05, 3.63) is 106 Å². The van der Waals surface area contributed by atoms with E-state index in [0.717, 1.165) is 30.4 Å². The number of rotatable bonds is 2. The van der Waals surface area contributed by atoms with Crippen LogP contribution in [0.1, 0.15) is 40.3 Å². The fourth-order valence-corrected chi connectivity index (χ4v) is 3.25. The molecule has 7 rings (SSSR count). The van der Waals surface area contributed by atoms with Crippen molar-refractivity contribution in [2.45, 2.75) is 45.2 Å². The van der Waals surface area contributed by atoms with Crippen molar-refractivity contribution in [2.24, 2.45) is 0 Å². The van der Waals surface area contributed by atoms with Gasteiger partial charge in [-0.1, -0.05) is 79.7 Å². The van der Waals surface area contributed by atoms with Crippen molar-refractivity contribution in [3.63, 3.8) is 0 Å². The van der Waals surface area contributed by atoms with E-state index in [9.17, 15) is 17.6 Å². The molecule has 0 spiro atoms. The van der Waals surface area contributed by atoms with E-state index >= 15 is 0 Å². The molecule has 4 aliphatic rings. The summed E-state index contributed by atoms with van der Waals surface area (Å²) in [6.45, 7) is 1.73. The van der Waals surface area contributed by atoms with Gasteiger partial charge in [-0.25, -0.2) is 13.2 Å². The molecular formula is C26H28F4. The van der Waals surface area contributed by atoms with Crippen LogP contribution in [0.2, 0.25) is 0 Å². The smallest absolute Gasteiger partial charge is 0.255 e. The molecule has 4 heteroatoms. The van der Waals surface area contributed by atoms with Gasteiger partial charge < -0.3 is 0 Å². The normalized spacial score (nSPS) is 13.8. The van der Waals surface area contributed by atoms with Crippen molar-refractivity contribution >= 4 is 0 Å².